The number of nitro benzene ring substituents is 1. The van der Waals surface area contributed by atoms with Crippen molar-refractivity contribution in [3.63, 3.8) is 0 Å². The third kappa shape index (κ3) is 3.44. The molecule has 1 unspecified atom stereocenters. The zero-order valence-electron chi connectivity index (χ0n) is 15.6. The molecule has 1 heterocycles. The summed E-state index contributed by atoms with van der Waals surface area (Å²) in [5, 5.41) is 15.0. The average Bonchev–Trinajstić information content (AvgIpc) is 3.20. The number of anilines is 1. The van der Waals surface area contributed by atoms with Crippen molar-refractivity contribution in [2.75, 3.05) is 11.9 Å². The van der Waals surface area contributed by atoms with Crippen LogP contribution in [-0.2, 0) is 5.54 Å². The first kappa shape index (κ1) is 18.0. The summed E-state index contributed by atoms with van der Waals surface area (Å²) in [5.74, 6) is 0. The quantitative estimate of drug-likeness (QED) is 0.578. The molecule has 0 spiro atoms. The van der Waals surface area contributed by atoms with Gasteiger partial charge < -0.3 is 5.32 Å². The van der Waals surface area contributed by atoms with Crippen LogP contribution in [0.3, 0.4) is 0 Å². The molecule has 2 aromatic carbocycles. The van der Waals surface area contributed by atoms with Crippen LogP contribution in [0.15, 0.2) is 54.6 Å². The van der Waals surface area contributed by atoms with Gasteiger partial charge in [0.25, 0.3) is 5.69 Å². The standard InChI is InChI=1S/C22H27N3O2/c26-25(27)20-13-5-4-12-19(20)23-21-14-6-9-17-24(21)22(15-7-8-16-22)18-10-2-1-3-11-18/h1-5,10-13,21,23H,6-9,14-17H2. The summed E-state index contributed by atoms with van der Waals surface area (Å²) in [5.41, 5.74) is 2.21. The van der Waals surface area contributed by atoms with Crippen LogP contribution in [0.5, 0.6) is 0 Å². The first-order valence-electron chi connectivity index (χ1n) is 10.0. The van der Waals surface area contributed by atoms with Gasteiger partial charge in [0.15, 0.2) is 0 Å². The van der Waals surface area contributed by atoms with E-state index in [1.54, 1.807) is 12.1 Å². The molecule has 0 radical (unpaired) electrons. The molecule has 5 heteroatoms. The van der Waals surface area contributed by atoms with E-state index < -0.39 is 0 Å². The summed E-state index contributed by atoms with van der Waals surface area (Å²) in [6.07, 6.45) is 8.27. The number of para-hydroxylation sites is 2. The molecule has 4 rings (SSSR count). The molecule has 2 aliphatic rings. The molecular formula is C22H27N3O2. The molecule has 1 atom stereocenters. The number of nitrogens with one attached hydrogen (secondary N) is 1. The molecule has 0 amide bonds. The van der Waals surface area contributed by atoms with Crippen LogP contribution in [0.2, 0.25) is 0 Å². The Morgan fingerprint density at radius 2 is 1.67 bits per heavy atom. The lowest BCUT2D eigenvalue weighted by Crippen LogP contribution is -2.55. The molecule has 2 fully saturated rings. The van der Waals surface area contributed by atoms with E-state index >= 15 is 0 Å². The SMILES string of the molecule is O=[N+]([O-])c1ccccc1NC1CCCCN1C1(c2ccccc2)CCCC1. The number of benzene rings is 2. The number of nitro groups is 1. The molecule has 1 N–H and O–H groups in total. The Morgan fingerprint density at radius 1 is 0.963 bits per heavy atom. The molecule has 1 saturated carbocycles. The van der Waals surface area contributed by atoms with Gasteiger partial charge in [-0.2, -0.15) is 0 Å². The fourth-order valence-electron chi connectivity index (χ4n) is 4.98. The highest BCUT2D eigenvalue weighted by Gasteiger charge is 2.44. The zero-order chi connectivity index (χ0) is 18.7. The van der Waals surface area contributed by atoms with Gasteiger partial charge in [0.05, 0.1) is 11.1 Å². The van der Waals surface area contributed by atoms with E-state index in [9.17, 15) is 10.1 Å². The maximum atomic E-state index is 11.4. The lowest BCUT2D eigenvalue weighted by Gasteiger charge is -2.49. The van der Waals surface area contributed by atoms with E-state index in [2.05, 4.69) is 40.5 Å². The van der Waals surface area contributed by atoms with Crippen LogP contribution in [0.25, 0.3) is 0 Å². The number of hydrogen-bond donors (Lipinski definition) is 1. The maximum Gasteiger partial charge on any atom is 0.292 e. The highest BCUT2D eigenvalue weighted by Crippen LogP contribution is 2.46. The summed E-state index contributed by atoms with van der Waals surface area (Å²) in [6.45, 7) is 1.03. The number of rotatable bonds is 5. The van der Waals surface area contributed by atoms with Gasteiger partial charge in [0, 0.05) is 18.2 Å². The highest BCUT2D eigenvalue weighted by molar-refractivity contribution is 5.61. The van der Waals surface area contributed by atoms with Crippen molar-refractivity contribution >= 4 is 11.4 Å². The second-order valence-electron chi connectivity index (χ2n) is 7.73. The lowest BCUT2D eigenvalue weighted by atomic mass is 9.84. The summed E-state index contributed by atoms with van der Waals surface area (Å²) < 4.78 is 0. The van der Waals surface area contributed by atoms with Crippen LogP contribution in [-0.4, -0.2) is 22.5 Å². The molecule has 1 aliphatic carbocycles. The van der Waals surface area contributed by atoms with E-state index in [0.29, 0.717) is 5.69 Å². The monoisotopic (exact) mass is 365 g/mol. The van der Waals surface area contributed by atoms with E-state index in [-0.39, 0.29) is 22.3 Å². The molecular weight excluding hydrogens is 338 g/mol. The molecule has 1 aliphatic heterocycles. The first-order chi connectivity index (χ1) is 13.2. The smallest absolute Gasteiger partial charge is 0.292 e. The van der Waals surface area contributed by atoms with Gasteiger partial charge in [-0.05, 0) is 43.7 Å². The van der Waals surface area contributed by atoms with Crippen molar-refractivity contribution in [2.45, 2.75) is 56.7 Å². The van der Waals surface area contributed by atoms with Gasteiger partial charge in [-0.25, -0.2) is 0 Å². The second kappa shape index (κ2) is 7.69. The van der Waals surface area contributed by atoms with Gasteiger partial charge in [0.2, 0.25) is 0 Å². The third-order valence-electron chi connectivity index (χ3n) is 6.22. The van der Waals surface area contributed by atoms with E-state index in [4.69, 9.17) is 0 Å². The molecule has 142 valence electrons. The van der Waals surface area contributed by atoms with Gasteiger partial charge >= 0.3 is 0 Å². The van der Waals surface area contributed by atoms with E-state index in [1.165, 1.54) is 24.8 Å². The Hall–Kier alpha value is -2.40. The van der Waals surface area contributed by atoms with Gasteiger partial charge in [-0.3, -0.25) is 15.0 Å². The van der Waals surface area contributed by atoms with E-state index in [1.807, 2.05) is 12.1 Å². The molecule has 2 aromatic rings. The van der Waals surface area contributed by atoms with Crippen molar-refractivity contribution < 1.29 is 4.92 Å². The van der Waals surface area contributed by atoms with Crippen molar-refractivity contribution in [1.82, 2.24) is 4.90 Å². The van der Waals surface area contributed by atoms with Crippen LogP contribution in [0.1, 0.15) is 50.5 Å². The molecule has 5 nitrogen and oxygen atoms in total. The molecule has 0 bridgehead atoms. The predicted octanol–water partition coefficient (Wildman–Crippen LogP) is 5.29. The minimum absolute atomic E-state index is 0.0446. The highest BCUT2D eigenvalue weighted by atomic mass is 16.6. The van der Waals surface area contributed by atoms with Crippen molar-refractivity contribution in [1.29, 1.82) is 0 Å². The van der Waals surface area contributed by atoms with E-state index in [0.717, 1.165) is 32.2 Å². The number of likely N-dealkylation sites (tertiary alicyclic amines) is 1. The minimum atomic E-state index is -0.294. The Labute approximate surface area is 160 Å². The fourth-order valence-corrected chi connectivity index (χ4v) is 4.98. The van der Waals surface area contributed by atoms with Gasteiger partial charge in [-0.15, -0.1) is 0 Å². The van der Waals surface area contributed by atoms with Crippen LogP contribution >= 0.6 is 0 Å². The Kier molecular flexibility index (Phi) is 5.12. The summed E-state index contributed by atoms with van der Waals surface area (Å²) in [4.78, 5) is 13.8. The topological polar surface area (TPSA) is 58.4 Å². The van der Waals surface area contributed by atoms with Gasteiger partial charge in [0.1, 0.15) is 5.69 Å². The van der Waals surface area contributed by atoms with Crippen LogP contribution < -0.4 is 5.32 Å². The van der Waals surface area contributed by atoms with Crippen molar-refractivity contribution in [2.24, 2.45) is 0 Å². The lowest BCUT2D eigenvalue weighted by molar-refractivity contribution is -0.384. The Morgan fingerprint density at radius 3 is 2.41 bits per heavy atom. The first-order valence-corrected chi connectivity index (χ1v) is 10.0. The third-order valence-corrected chi connectivity index (χ3v) is 6.22. The summed E-state index contributed by atoms with van der Waals surface area (Å²) >= 11 is 0. The zero-order valence-corrected chi connectivity index (χ0v) is 15.6. The Balaban J connectivity index is 1.67. The maximum absolute atomic E-state index is 11.4. The second-order valence-corrected chi connectivity index (χ2v) is 7.73. The van der Waals surface area contributed by atoms with Crippen LogP contribution in [0, 0.1) is 10.1 Å². The van der Waals surface area contributed by atoms with Crippen LogP contribution in [0.4, 0.5) is 11.4 Å². The molecule has 27 heavy (non-hydrogen) atoms. The molecule has 1 saturated heterocycles. The number of nitrogens with zero attached hydrogens (tertiary/aromatic N) is 2. The largest absolute Gasteiger partial charge is 0.364 e. The van der Waals surface area contributed by atoms with Gasteiger partial charge in [-0.1, -0.05) is 55.3 Å². The number of piperidine rings is 1. The predicted molar refractivity (Wildman–Crippen MR) is 108 cm³/mol. The summed E-state index contributed by atoms with van der Waals surface area (Å²) in [7, 11) is 0. The number of hydrogen-bond acceptors (Lipinski definition) is 4. The van der Waals surface area contributed by atoms with Crippen molar-refractivity contribution in [3.8, 4) is 0 Å². The fraction of sp³-hybridized carbons (Fsp3) is 0.455. The molecule has 0 aromatic heterocycles. The Bertz CT molecular complexity index is 787. The minimum Gasteiger partial charge on any atom is -0.364 e. The normalized spacial score (nSPS) is 22.4. The average molecular weight is 365 g/mol. The summed E-state index contributed by atoms with van der Waals surface area (Å²) in [6, 6.07) is 17.8. The van der Waals surface area contributed by atoms with Crippen molar-refractivity contribution in [3.05, 3.63) is 70.3 Å².